The summed E-state index contributed by atoms with van der Waals surface area (Å²) in [4.78, 5) is 17.9. The van der Waals surface area contributed by atoms with Gasteiger partial charge in [-0.1, -0.05) is 30.7 Å². The van der Waals surface area contributed by atoms with Crippen molar-refractivity contribution in [2.75, 3.05) is 38.8 Å². The Balaban J connectivity index is 1.37. The van der Waals surface area contributed by atoms with Gasteiger partial charge in [-0.05, 0) is 103 Å². The van der Waals surface area contributed by atoms with E-state index in [9.17, 15) is 13.2 Å². The number of fused-ring (bicyclic) bond motifs is 5. The first-order valence-electron chi connectivity index (χ1n) is 16.7. The molecule has 47 heavy (non-hydrogen) atoms. The summed E-state index contributed by atoms with van der Waals surface area (Å²) in [6.45, 7) is 5.57. The number of ether oxygens (including phenoxy) is 2. The molecule has 1 fully saturated rings. The maximum atomic E-state index is 15.5. The van der Waals surface area contributed by atoms with E-state index in [-0.39, 0.29) is 40.4 Å². The Morgan fingerprint density at radius 3 is 2.66 bits per heavy atom. The molecular formula is C36H43ClFN3O5S. The highest BCUT2D eigenvalue weighted by atomic mass is 35.5. The van der Waals surface area contributed by atoms with Crippen LogP contribution >= 0.6 is 11.6 Å². The summed E-state index contributed by atoms with van der Waals surface area (Å²) in [7, 11) is 0.144. The summed E-state index contributed by atoms with van der Waals surface area (Å²) in [5.74, 6) is -0.180. The van der Waals surface area contributed by atoms with Crippen LogP contribution in [0.3, 0.4) is 0 Å². The summed E-state index contributed by atoms with van der Waals surface area (Å²) in [6.07, 6.45) is 5.78. The first-order valence-corrected chi connectivity index (χ1v) is 18.6. The standard InChI is InChI=1S/C36H43ClFN3O5S/c1-20-21(2)47(43,44)39-36(42)22-9-11-32-30(16-22)41(17-23-8-10-29(37)34(38)27(23)7-5-6-12-45-32)18-26-15-28-31(40(3)4)19-46-35(33(26)28)25-13-24(20)14-25/h8-11,13,16,20-21,24,26,33,35H,5-7,12,14-15,17-19H2,1-4H3,(H,39,42)/t20-,21-,24-,26+,33+,35+/m1/s1. The lowest BCUT2D eigenvalue weighted by atomic mass is 9.60. The molecule has 1 saturated carbocycles. The normalized spacial score (nSPS) is 30.2. The van der Waals surface area contributed by atoms with Gasteiger partial charge in [-0.25, -0.2) is 17.5 Å². The number of nitrogens with zero attached hydrogens (tertiary/aromatic N) is 2. The largest absolute Gasteiger partial charge is 0.491 e. The Morgan fingerprint density at radius 2 is 1.89 bits per heavy atom. The number of likely N-dealkylation sites (N-methyl/N-ethyl adjacent to an activating group) is 1. The van der Waals surface area contributed by atoms with E-state index in [1.165, 1.54) is 16.8 Å². The second-order valence-corrected chi connectivity index (χ2v) is 16.6. The number of nitrogens with one attached hydrogen (secondary N) is 1. The maximum Gasteiger partial charge on any atom is 0.264 e. The summed E-state index contributed by atoms with van der Waals surface area (Å²) in [5, 5.41) is -0.675. The van der Waals surface area contributed by atoms with Crippen LogP contribution in [-0.4, -0.2) is 64.4 Å². The van der Waals surface area contributed by atoms with Crippen LogP contribution in [-0.2, 0) is 27.7 Å². The second-order valence-electron chi connectivity index (χ2n) is 14.1. The summed E-state index contributed by atoms with van der Waals surface area (Å²) in [5.41, 5.74) is 6.17. The number of amides is 1. The third-order valence-corrected chi connectivity index (χ3v) is 13.4. The minimum absolute atomic E-state index is 0.0788. The number of anilines is 1. The molecule has 0 aromatic heterocycles. The van der Waals surface area contributed by atoms with Gasteiger partial charge in [0.15, 0.2) is 0 Å². The Bertz CT molecular complexity index is 1780. The Morgan fingerprint density at radius 1 is 1.11 bits per heavy atom. The SMILES string of the molecule is C[C@H]1[C@@H]2C=C(C2)[C@@H]2OCC(N(C)C)=C3C[C@@H](CN4Cc5ccc(Cl)c(F)c5CCCCOc5ccc(cc54)C(=O)NS(=O)(=O)[C@@H]1C)[C@@H]32. The third-order valence-electron chi connectivity index (χ3n) is 11.2. The molecule has 6 atom stereocenters. The molecular weight excluding hydrogens is 641 g/mol. The molecule has 252 valence electrons. The average molecular weight is 684 g/mol. The zero-order valence-corrected chi connectivity index (χ0v) is 29.0. The van der Waals surface area contributed by atoms with Gasteiger partial charge in [-0.2, -0.15) is 0 Å². The zero-order chi connectivity index (χ0) is 33.2. The van der Waals surface area contributed by atoms with E-state index >= 15 is 4.39 Å². The fraction of sp³-hybridized carbons (Fsp3) is 0.528. The highest BCUT2D eigenvalue weighted by Crippen LogP contribution is 2.53. The number of carbonyl (C=O) groups is 1. The molecule has 0 radical (unpaired) electrons. The van der Waals surface area contributed by atoms with Crippen LogP contribution in [0.4, 0.5) is 10.1 Å². The van der Waals surface area contributed by atoms with Crippen molar-refractivity contribution in [2.24, 2.45) is 23.7 Å². The number of benzene rings is 2. The molecule has 4 heterocycles. The quantitative estimate of drug-likeness (QED) is 0.364. The van der Waals surface area contributed by atoms with Crippen molar-refractivity contribution in [1.82, 2.24) is 9.62 Å². The van der Waals surface area contributed by atoms with Gasteiger partial charge in [0, 0.05) is 44.4 Å². The van der Waals surface area contributed by atoms with Gasteiger partial charge in [-0.15, -0.1) is 0 Å². The molecule has 1 N–H and O–H groups in total. The van der Waals surface area contributed by atoms with Crippen molar-refractivity contribution in [3.8, 4) is 5.75 Å². The van der Waals surface area contributed by atoms with Crippen LogP contribution in [0.25, 0.3) is 0 Å². The Hall–Kier alpha value is -3.08. The van der Waals surface area contributed by atoms with Gasteiger partial charge in [0.1, 0.15) is 11.6 Å². The maximum absolute atomic E-state index is 15.5. The number of rotatable bonds is 1. The summed E-state index contributed by atoms with van der Waals surface area (Å²) in [6, 6.07) is 8.60. The van der Waals surface area contributed by atoms with Gasteiger partial charge in [0.25, 0.3) is 5.91 Å². The molecule has 11 heteroatoms. The smallest absolute Gasteiger partial charge is 0.264 e. The van der Waals surface area contributed by atoms with Crippen molar-refractivity contribution in [1.29, 1.82) is 0 Å². The number of halogens is 2. The molecule has 1 amide bonds. The minimum Gasteiger partial charge on any atom is -0.491 e. The van der Waals surface area contributed by atoms with Gasteiger partial charge in [0.2, 0.25) is 10.0 Å². The van der Waals surface area contributed by atoms with Crippen molar-refractivity contribution in [3.05, 3.63) is 80.8 Å². The number of sulfonamides is 1. The van der Waals surface area contributed by atoms with Gasteiger partial charge >= 0.3 is 0 Å². The Labute approximate surface area is 282 Å². The zero-order valence-electron chi connectivity index (χ0n) is 27.4. The van der Waals surface area contributed by atoms with E-state index in [0.29, 0.717) is 56.1 Å². The molecule has 0 spiro atoms. The van der Waals surface area contributed by atoms with Gasteiger partial charge in [-0.3, -0.25) is 4.79 Å². The number of carbonyl (C=O) groups excluding carboxylic acids is 1. The molecule has 0 saturated heterocycles. The lowest BCUT2D eigenvalue weighted by Crippen LogP contribution is -2.52. The second kappa shape index (κ2) is 12.4. The van der Waals surface area contributed by atoms with Crippen molar-refractivity contribution in [2.45, 2.75) is 63.9 Å². The van der Waals surface area contributed by atoms with Crippen LogP contribution in [0.5, 0.6) is 5.75 Å². The van der Waals surface area contributed by atoms with E-state index in [0.717, 1.165) is 24.8 Å². The number of hydrogen-bond donors (Lipinski definition) is 1. The van der Waals surface area contributed by atoms with Gasteiger partial charge in [0.05, 0.1) is 35.3 Å². The van der Waals surface area contributed by atoms with Crippen LogP contribution in [0.2, 0.25) is 5.02 Å². The highest BCUT2D eigenvalue weighted by Gasteiger charge is 2.50. The lowest BCUT2D eigenvalue weighted by Gasteiger charge is -2.53. The number of allylic oxidation sites excluding steroid dienone is 1. The topological polar surface area (TPSA) is 88.2 Å². The van der Waals surface area contributed by atoms with Crippen LogP contribution in [0, 0.1) is 29.5 Å². The van der Waals surface area contributed by atoms with E-state index in [2.05, 4.69) is 34.7 Å². The minimum atomic E-state index is -3.97. The van der Waals surface area contributed by atoms with Crippen molar-refractivity contribution in [3.63, 3.8) is 0 Å². The predicted octanol–water partition coefficient (Wildman–Crippen LogP) is 6.10. The highest BCUT2D eigenvalue weighted by molar-refractivity contribution is 7.90. The summed E-state index contributed by atoms with van der Waals surface area (Å²) < 4.78 is 57.8. The summed E-state index contributed by atoms with van der Waals surface area (Å²) >= 11 is 6.27. The van der Waals surface area contributed by atoms with Crippen molar-refractivity contribution < 1.29 is 27.1 Å². The molecule has 2 aromatic carbocycles. The molecule has 4 bridgehead atoms. The molecule has 2 aliphatic carbocycles. The van der Waals surface area contributed by atoms with Crippen LogP contribution < -0.4 is 14.4 Å². The molecule has 8 rings (SSSR count). The first kappa shape index (κ1) is 32.5. The fourth-order valence-electron chi connectivity index (χ4n) is 8.08. The molecule has 0 unspecified atom stereocenters. The molecule has 6 aliphatic rings. The fourth-order valence-corrected chi connectivity index (χ4v) is 9.59. The van der Waals surface area contributed by atoms with E-state index in [1.807, 2.05) is 13.0 Å². The van der Waals surface area contributed by atoms with E-state index in [4.69, 9.17) is 21.1 Å². The van der Waals surface area contributed by atoms with Crippen molar-refractivity contribution >= 4 is 33.2 Å². The average Bonchev–Trinajstić information content (AvgIpc) is 3.02. The van der Waals surface area contributed by atoms with Crippen LogP contribution in [0.15, 0.2) is 53.3 Å². The third kappa shape index (κ3) is 5.84. The van der Waals surface area contributed by atoms with Gasteiger partial charge < -0.3 is 19.3 Å². The predicted molar refractivity (Wildman–Crippen MR) is 181 cm³/mol. The van der Waals surface area contributed by atoms with Crippen LogP contribution in [0.1, 0.15) is 61.0 Å². The molecule has 2 aromatic rings. The monoisotopic (exact) mass is 683 g/mol. The molecule has 8 nitrogen and oxygen atoms in total. The van der Waals surface area contributed by atoms with E-state index in [1.54, 1.807) is 31.2 Å². The van der Waals surface area contributed by atoms with E-state index < -0.39 is 27.0 Å². The Kier molecular flexibility index (Phi) is 8.58. The molecule has 4 aliphatic heterocycles. The number of hydrogen-bond acceptors (Lipinski definition) is 7. The first-order chi connectivity index (χ1) is 22.4. The lowest BCUT2D eigenvalue weighted by molar-refractivity contribution is -0.0154.